The number of ether oxygens (including phenoxy) is 1. The summed E-state index contributed by atoms with van der Waals surface area (Å²) in [5.74, 6) is 1.26. The van der Waals surface area contributed by atoms with Crippen LogP contribution in [0.15, 0.2) is 54.0 Å². The van der Waals surface area contributed by atoms with Crippen LogP contribution < -0.4 is 4.74 Å². The number of aromatic nitrogens is 3. The van der Waals surface area contributed by atoms with Gasteiger partial charge in [0.05, 0.1) is 12.6 Å². The number of fused-ring (bicyclic) bond motifs is 1. The van der Waals surface area contributed by atoms with Gasteiger partial charge in [-0.2, -0.15) is 4.98 Å². The molecule has 118 valence electrons. The number of nitrogens with zero attached hydrogens (tertiary/aromatic N) is 3. The molecule has 0 amide bonds. The quantitative estimate of drug-likeness (QED) is 0.609. The molecule has 0 fully saturated rings. The molecule has 24 heavy (non-hydrogen) atoms. The van der Waals surface area contributed by atoms with Crippen LogP contribution in [0.2, 0.25) is 0 Å². The van der Waals surface area contributed by atoms with Gasteiger partial charge >= 0.3 is 0 Å². The van der Waals surface area contributed by atoms with E-state index < -0.39 is 0 Å². The van der Waals surface area contributed by atoms with Crippen LogP contribution in [0.25, 0.3) is 32.9 Å². The van der Waals surface area contributed by atoms with Crippen LogP contribution in [0.4, 0.5) is 0 Å². The molecule has 4 rings (SSSR count). The molecule has 0 saturated carbocycles. The molecule has 3 heterocycles. The molecular weight excluding hydrogens is 322 g/mol. The molecule has 6 heteroatoms. The number of phenolic OH excluding ortho intramolecular Hbond substituents is 1. The number of hydrogen-bond acceptors (Lipinski definition) is 6. The second-order valence-corrected chi connectivity index (χ2v) is 6.03. The zero-order valence-corrected chi connectivity index (χ0v) is 13.6. The smallest absolute Gasteiger partial charge is 0.235 e. The zero-order chi connectivity index (χ0) is 16.5. The maximum atomic E-state index is 9.75. The third kappa shape index (κ3) is 2.47. The molecule has 0 aliphatic carbocycles. The fourth-order valence-corrected chi connectivity index (χ4v) is 3.50. The number of phenols is 1. The Hall–Kier alpha value is -2.99. The van der Waals surface area contributed by atoms with E-state index in [9.17, 15) is 5.11 Å². The molecule has 5 nitrogen and oxygen atoms in total. The average Bonchev–Trinajstić information content (AvgIpc) is 3.05. The topological polar surface area (TPSA) is 68.1 Å². The van der Waals surface area contributed by atoms with Gasteiger partial charge < -0.3 is 9.84 Å². The summed E-state index contributed by atoms with van der Waals surface area (Å²) in [5.41, 5.74) is 3.31. The van der Waals surface area contributed by atoms with E-state index in [1.807, 2.05) is 35.7 Å². The highest BCUT2D eigenvalue weighted by Gasteiger charge is 2.16. The van der Waals surface area contributed by atoms with E-state index in [1.54, 1.807) is 25.4 Å². The first-order valence-electron chi connectivity index (χ1n) is 7.30. The van der Waals surface area contributed by atoms with Crippen molar-refractivity contribution in [1.82, 2.24) is 15.0 Å². The number of aromatic hydroxyl groups is 1. The monoisotopic (exact) mass is 335 g/mol. The van der Waals surface area contributed by atoms with Crippen molar-refractivity contribution >= 4 is 21.6 Å². The maximum absolute atomic E-state index is 9.75. The summed E-state index contributed by atoms with van der Waals surface area (Å²) in [6.45, 7) is 0. The Labute approximate surface area is 142 Å². The van der Waals surface area contributed by atoms with Crippen molar-refractivity contribution in [3.63, 3.8) is 0 Å². The lowest BCUT2D eigenvalue weighted by atomic mass is 10.1. The van der Waals surface area contributed by atoms with Crippen molar-refractivity contribution in [2.24, 2.45) is 0 Å². The molecule has 0 radical (unpaired) electrons. The lowest BCUT2D eigenvalue weighted by Gasteiger charge is -2.06. The first-order chi connectivity index (χ1) is 11.8. The number of methoxy groups -OCH3 is 1. The normalized spacial score (nSPS) is 10.9. The predicted octanol–water partition coefficient (Wildman–Crippen LogP) is 4.13. The molecule has 3 aromatic heterocycles. The number of hydrogen-bond donors (Lipinski definition) is 1. The van der Waals surface area contributed by atoms with E-state index in [0.29, 0.717) is 17.4 Å². The Morgan fingerprint density at radius 2 is 2.00 bits per heavy atom. The molecule has 0 aliphatic heterocycles. The Kier molecular flexibility index (Phi) is 3.59. The van der Waals surface area contributed by atoms with E-state index in [0.717, 1.165) is 21.3 Å². The summed E-state index contributed by atoms with van der Waals surface area (Å²) < 4.78 is 6.32. The van der Waals surface area contributed by atoms with Gasteiger partial charge in [-0.05, 0) is 29.8 Å². The summed E-state index contributed by atoms with van der Waals surface area (Å²) in [6, 6.07) is 12.7. The zero-order valence-electron chi connectivity index (χ0n) is 12.8. The summed E-state index contributed by atoms with van der Waals surface area (Å²) >= 11 is 1.52. The Morgan fingerprint density at radius 3 is 2.75 bits per heavy atom. The van der Waals surface area contributed by atoms with Crippen molar-refractivity contribution in [2.75, 3.05) is 7.11 Å². The van der Waals surface area contributed by atoms with Gasteiger partial charge in [-0.3, -0.25) is 4.98 Å². The number of benzene rings is 1. The van der Waals surface area contributed by atoms with Crippen LogP contribution in [-0.4, -0.2) is 27.2 Å². The number of thiophene rings is 1. The Morgan fingerprint density at radius 1 is 1.08 bits per heavy atom. The van der Waals surface area contributed by atoms with E-state index >= 15 is 0 Å². The van der Waals surface area contributed by atoms with Gasteiger partial charge in [0.1, 0.15) is 16.1 Å². The van der Waals surface area contributed by atoms with Gasteiger partial charge in [0.2, 0.25) is 5.88 Å². The largest absolute Gasteiger partial charge is 0.508 e. The molecule has 0 atom stereocenters. The highest BCUT2D eigenvalue weighted by Crippen LogP contribution is 2.38. The van der Waals surface area contributed by atoms with Gasteiger partial charge in [0.25, 0.3) is 0 Å². The van der Waals surface area contributed by atoms with Crippen molar-refractivity contribution in [2.45, 2.75) is 0 Å². The molecule has 0 bridgehead atoms. The van der Waals surface area contributed by atoms with Gasteiger partial charge in [-0.15, -0.1) is 11.3 Å². The maximum Gasteiger partial charge on any atom is 0.235 e. The first kappa shape index (κ1) is 14.6. The SMILES string of the molecule is COc1nc(-c2ccccn2)nc2c(-c3cccc(O)c3)csc12. The lowest BCUT2D eigenvalue weighted by molar-refractivity contribution is 0.404. The molecular formula is C18H13N3O2S. The number of pyridine rings is 1. The summed E-state index contributed by atoms with van der Waals surface area (Å²) in [4.78, 5) is 13.5. The standard InChI is InChI=1S/C18H13N3O2S/c1-23-18-16-15(20-17(21-18)14-7-2-3-8-19-14)13(10-24-16)11-5-4-6-12(22)9-11/h2-10,22H,1H3. The molecule has 0 saturated heterocycles. The second kappa shape index (κ2) is 5.90. The second-order valence-electron chi connectivity index (χ2n) is 5.15. The minimum absolute atomic E-state index is 0.220. The van der Waals surface area contributed by atoms with Crippen LogP contribution in [0, 0.1) is 0 Å². The average molecular weight is 335 g/mol. The van der Waals surface area contributed by atoms with E-state index in [4.69, 9.17) is 9.72 Å². The minimum atomic E-state index is 0.220. The summed E-state index contributed by atoms with van der Waals surface area (Å²) in [6.07, 6.45) is 1.71. The highest BCUT2D eigenvalue weighted by molar-refractivity contribution is 7.18. The van der Waals surface area contributed by atoms with Crippen LogP contribution in [0.5, 0.6) is 11.6 Å². The van der Waals surface area contributed by atoms with Crippen molar-refractivity contribution in [3.8, 4) is 34.3 Å². The predicted molar refractivity (Wildman–Crippen MR) is 94.3 cm³/mol. The van der Waals surface area contributed by atoms with Crippen LogP contribution >= 0.6 is 11.3 Å². The molecule has 4 aromatic rings. The fraction of sp³-hybridized carbons (Fsp3) is 0.0556. The van der Waals surface area contributed by atoms with Crippen LogP contribution in [0.1, 0.15) is 0 Å². The lowest BCUT2D eigenvalue weighted by Crippen LogP contribution is -1.96. The minimum Gasteiger partial charge on any atom is -0.508 e. The van der Waals surface area contributed by atoms with E-state index in [-0.39, 0.29) is 5.75 Å². The van der Waals surface area contributed by atoms with Gasteiger partial charge in [0.15, 0.2) is 5.82 Å². The first-order valence-corrected chi connectivity index (χ1v) is 8.18. The molecule has 1 aromatic carbocycles. The van der Waals surface area contributed by atoms with E-state index in [1.165, 1.54) is 11.3 Å². The van der Waals surface area contributed by atoms with Gasteiger partial charge in [-0.1, -0.05) is 18.2 Å². The van der Waals surface area contributed by atoms with Crippen LogP contribution in [0.3, 0.4) is 0 Å². The van der Waals surface area contributed by atoms with Gasteiger partial charge in [-0.25, -0.2) is 4.98 Å². The van der Waals surface area contributed by atoms with Crippen molar-refractivity contribution in [3.05, 3.63) is 54.0 Å². The van der Waals surface area contributed by atoms with Crippen LogP contribution in [-0.2, 0) is 0 Å². The fourth-order valence-electron chi connectivity index (χ4n) is 2.52. The van der Waals surface area contributed by atoms with Crippen molar-refractivity contribution in [1.29, 1.82) is 0 Å². The Bertz CT molecular complexity index is 1020. The molecule has 0 spiro atoms. The molecule has 0 unspecified atom stereocenters. The van der Waals surface area contributed by atoms with E-state index in [2.05, 4.69) is 9.97 Å². The molecule has 1 N–H and O–H groups in total. The summed E-state index contributed by atoms with van der Waals surface area (Å²) in [7, 11) is 1.59. The van der Waals surface area contributed by atoms with Crippen molar-refractivity contribution < 1.29 is 9.84 Å². The third-order valence-corrected chi connectivity index (χ3v) is 4.59. The molecule has 0 aliphatic rings. The highest BCUT2D eigenvalue weighted by atomic mass is 32.1. The summed E-state index contributed by atoms with van der Waals surface area (Å²) in [5, 5.41) is 11.8. The Balaban J connectivity index is 1.97. The van der Waals surface area contributed by atoms with Gasteiger partial charge in [0, 0.05) is 17.1 Å². The number of rotatable bonds is 3. The third-order valence-electron chi connectivity index (χ3n) is 3.63.